The normalized spacial score (nSPS) is 14.7. The number of nitrogens with one attached hydrogen (secondary N) is 2. The number of hydrogen-bond acceptors (Lipinski definition) is 3. The molecule has 1 aliphatic rings. The quantitative estimate of drug-likeness (QED) is 0.889. The summed E-state index contributed by atoms with van der Waals surface area (Å²) in [4.78, 5) is 2.16. The van der Waals surface area contributed by atoms with Crippen LogP contribution in [0.15, 0.2) is 48.2 Å². The van der Waals surface area contributed by atoms with E-state index in [9.17, 15) is 8.78 Å². The highest BCUT2D eigenvalue weighted by Crippen LogP contribution is 2.27. The molecule has 126 valence electrons. The number of hydrogen-bond donors (Lipinski definition) is 2. The smallest absolute Gasteiger partial charge is 0.160 e. The molecule has 2 aromatic carbocycles. The van der Waals surface area contributed by atoms with Crippen LogP contribution in [0.1, 0.15) is 12.0 Å². The van der Waals surface area contributed by atoms with E-state index < -0.39 is 11.6 Å². The van der Waals surface area contributed by atoms with E-state index in [4.69, 9.17) is 0 Å². The Morgan fingerprint density at radius 2 is 1.79 bits per heavy atom. The van der Waals surface area contributed by atoms with Crippen molar-refractivity contribution in [3.63, 3.8) is 0 Å². The van der Waals surface area contributed by atoms with E-state index in [1.54, 1.807) is 0 Å². The van der Waals surface area contributed by atoms with Gasteiger partial charge < -0.3 is 15.5 Å². The lowest BCUT2D eigenvalue weighted by molar-refractivity contribution is 0.471. The fourth-order valence-electron chi connectivity index (χ4n) is 2.96. The fourth-order valence-corrected chi connectivity index (χ4v) is 2.96. The molecule has 0 bridgehead atoms. The van der Waals surface area contributed by atoms with Gasteiger partial charge in [0.05, 0.1) is 0 Å². The molecule has 3 rings (SSSR count). The Bertz CT molecular complexity index is 769. The number of benzene rings is 2. The van der Waals surface area contributed by atoms with Gasteiger partial charge in [-0.15, -0.1) is 0 Å². The molecule has 1 aliphatic heterocycles. The van der Waals surface area contributed by atoms with Crippen LogP contribution in [0.3, 0.4) is 0 Å². The van der Waals surface area contributed by atoms with Gasteiger partial charge in [-0.3, -0.25) is 0 Å². The van der Waals surface area contributed by atoms with Gasteiger partial charge in [-0.05, 0) is 35.4 Å². The van der Waals surface area contributed by atoms with E-state index >= 15 is 0 Å². The SMILES string of the molecule is CN(C)C1=C(c2cccc(Nc3ccc(F)c(F)c3)c2)CNCC1. The van der Waals surface area contributed by atoms with Crippen molar-refractivity contribution >= 4 is 16.9 Å². The Kier molecular flexibility index (Phi) is 4.81. The highest BCUT2D eigenvalue weighted by molar-refractivity contribution is 5.74. The van der Waals surface area contributed by atoms with Crippen LogP contribution in [0.25, 0.3) is 5.57 Å². The maximum Gasteiger partial charge on any atom is 0.160 e. The largest absolute Gasteiger partial charge is 0.381 e. The lowest BCUT2D eigenvalue weighted by Gasteiger charge is -2.27. The Morgan fingerprint density at radius 3 is 2.54 bits per heavy atom. The predicted octanol–water partition coefficient (Wildman–Crippen LogP) is 3.97. The van der Waals surface area contributed by atoms with Crippen molar-refractivity contribution in [3.8, 4) is 0 Å². The first kappa shape index (κ1) is 16.5. The van der Waals surface area contributed by atoms with Crippen LogP contribution < -0.4 is 10.6 Å². The minimum Gasteiger partial charge on any atom is -0.381 e. The Hall–Kier alpha value is -2.40. The third-order valence-corrected chi connectivity index (χ3v) is 4.15. The van der Waals surface area contributed by atoms with Gasteiger partial charge in [0.25, 0.3) is 0 Å². The summed E-state index contributed by atoms with van der Waals surface area (Å²) in [6.45, 7) is 1.80. The van der Waals surface area contributed by atoms with E-state index in [0.717, 1.165) is 42.9 Å². The van der Waals surface area contributed by atoms with Crippen molar-refractivity contribution in [2.24, 2.45) is 0 Å². The van der Waals surface area contributed by atoms with Crippen molar-refractivity contribution in [3.05, 3.63) is 65.4 Å². The summed E-state index contributed by atoms with van der Waals surface area (Å²) in [6.07, 6.45) is 0.989. The summed E-state index contributed by atoms with van der Waals surface area (Å²) in [5.74, 6) is -1.70. The molecular weight excluding hydrogens is 308 g/mol. The minimum absolute atomic E-state index is 0.523. The molecule has 0 radical (unpaired) electrons. The molecule has 0 fully saturated rings. The highest BCUT2D eigenvalue weighted by atomic mass is 19.2. The van der Waals surface area contributed by atoms with Gasteiger partial charge >= 0.3 is 0 Å². The minimum atomic E-state index is -0.856. The van der Waals surface area contributed by atoms with Gasteiger partial charge in [-0.1, -0.05) is 12.1 Å². The van der Waals surface area contributed by atoms with Gasteiger partial charge in [0.15, 0.2) is 11.6 Å². The van der Waals surface area contributed by atoms with Crippen LogP contribution in [0.2, 0.25) is 0 Å². The van der Waals surface area contributed by atoms with E-state index in [1.165, 1.54) is 17.3 Å². The van der Waals surface area contributed by atoms with Gasteiger partial charge in [0, 0.05) is 56.7 Å². The number of nitrogens with zero attached hydrogens (tertiary/aromatic N) is 1. The average molecular weight is 329 g/mol. The lowest BCUT2D eigenvalue weighted by Crippen LogP contribution is -2.29. The van der Waals surface area contributed by atoms with Gasteiger partial charge in [0.1, 0.15) is 0 Å². The Balaban J connectivity index is 1.90. The second-order valence-electron chi connectivity index (χ2n) is 6.08. The summed E-state index contributed by atoms with van der Waals surface area (Å²) in [5.41, 5.74) is 5.07. The first-order valence-corrected chi connectivity index (χ1v) is 7.97. The molecule has 0 aromatic heterocycles. The maximum atomic E-state index is 13.4. The maximum absolute atomic E-state index is 13.4. The van der Waals surface area contributed by atoms with E-state index in [0.29, 0.717) is 5.69 Å². The summed E-state index contributed by atoms with van der Waals surface area (Å²) in [6, 6.07) is 11.8. The van der Waals surface area contributed by atoms with E-state index in [1.807, 2.05) is 18.2 Å². The van der Waals surface area contributed by atoms with Crippen LogP contribution >= 0.6 is 0 Å². The molecule has 0 aliphatic carbocycles. The first-order valence-electron chi connectivity index (χ1n) is 7.97. The topological polar surface area (TPSA) is 27.3 Å². The van der Waals surface area contributed by atoms with Crippen LogP contribution in [-0.2, 0) is 0 Å². The van der Waals surface area contributed by atoms with Crippen molar-refractivity contribution in [1.82, 2.24) is 10.2 Å². The molecule has 3 nitrogen and oxygen atoms in total. The van der Waals surface area contributed by atoms with Crippen molar-refractivity contribution in [2.75, 3.05) is 32.5 Å². The van der Waals surface area contributed by atoms with Crippen LogP contribution in [0, 0.1) is 11.6 Å². The molecule has 1 heterocycles. The van der Waals surface area contributed by atoms with Crippen molar-refractivity contribution in [2.45, 2.75) is 6.42 Å². The lowest BCUT2D eigenvalue weighted by atomic mass is 9.98. The molecule has 0 saturated heterocycles. The zero-order chi connectivity index (χ0) is 17.1. The van der Waals surface area contributed by atoms with Crippen LogP contribution in [-0.4, -0.2) is 32.1 Å². The molecule has 0 amide bonds. The standard InChI is InChI=1S/C19H21F2N3/c1-24(2)19-8-9-22-12-16(19)13-4-3-5-14(10-13)23-15-6-7-17(20)18(21)11-15/h3-7,10-11,22-23H,8-9,12H2,1-2H3. The second kappa shape index (κ2) is 7.01. The third kappa shape index (κ3) is 3.57. The van der Waals surface area contributed by atoms with Crippen LogP contribution in [0.4, 0.5) is 20.2 Å². The average Bonchev–Trinajstić information content (AvgIpc) is 2.58. The molecular formula is C19H21F2N3. The molecule has 24 heavy (non-hydrogen) atoms. The van der Waals surface area contributed by atoms with Crippen molar-refractivity contribution < 1.29 is 8.78 Å². The fraction of sp³-hybridized carbons (Fsp3) is 0.263. The van der Waals surface area contributed by atoms with Gasteiger partial charge in [-0.2, -0.15) is 0 Å². The molecule has 0 saturated carbocycles. The Morgan fingerprint density at radius 1 is 1.00 bits per heavy atom. The molecule has 0 spiro atoms. The zero-order valence-electron chi connectivity index (χ0n) is 13.9. The van der Waals surface area contributed by atoms with E-state index in [-0.39, 0.29) is 0 Å². The van der Waals surface area contributed by atoms with E-state index in [2.05, 4.69) is 35.7 Å². The monoisotopic (exact) mass is 329 g/mol. The summed E-state index contributed by atoms with van der Waals surface area (Å²) in [5, 5.41) is 6.54. The first-order chi connectivity index (χ1) is 11.5. The van der Waals surface area contributed by atoms with Crippen molar-refractivity contribution in [1.29, 1.82) is 0 Å². The summed E-state index contributed by atoms with van der Waals surface area (Å²) in [7, 11) is 4.12. The molecule has 0 atom stereocenters. The highest BCUT2D eigenvalue weighted by Gasteiger charge is 2.15. The van der Waals surface area contributed by atoms with Gasteiger partial charge in [0.2, 0.25) is 0 Å². The Labute approximate surface area is 141 Å². The predicted molar refractivity (Wildman–Crippen MR) is 94.2 cm³/mol. The molecule has 2 N–H and O–H groups in total. The molecule has 0 unspecified atom stereocenters. The van der Waals surface area contributed by atoms with Crippen LogP contribution in [0.5, 0.6) is 0 Å². The second-order valence-corrected chi connectivity index (χ2v) is 6.08. The molecule has 2 aromatic rings. The summed E-state index contributed by atoms with van der Waals surface area (Å²) < 4.78 is 26.4. The van der Waals surface area contributed by atoms with Gasteiger partial charge in [-0.25, -0.2) is 8.78 Å². The number of halogens is 2. The number of anilines is 2. The number of rotatable bonds is 4. The zero-order valence-corrected chi connectivity index (χ0v) is 13.9. The summed E-state index contributed by atoms with van der Waals surface area (Å²) >= 11 is 0. The third-order valence-electron chi connectivity index (χ3n) is 4.15. The molecule has 5 heteroatoms.